The van der Waals surface area contributed by atoms with Gasteiger partial charge in [0.05, 0.1) is 11.5 Å². The number of hydrogen-bond donors (Lipinski definition) is 1. The molecule has 1 aliphatic heterocycles. The molecule has 1 saturated heterocycles. The van der Waals surface area contributed by atoms with Crippen molar-refractivity contribution in [2.24, 2.45) is 5.92 Å². The number of nitrogens with zero attached hydrogens (tertiary/aromatic N) is 1. The molecule has 2 aromatic carbocycles. The van der Waals surface area contributed by atoms with Gasteiger partial charge in [-0.15, -0.1) is 0 Å². The van der Waals surface area contributed by atoms with Crippen LogP contribution in [0.3, 0.4) is 0 Å². The molecule has 0 radical (unpaired) electrons. The van der Waals surface area contributed by atoms with Crippen LogP contribution in [0.5, 0.6) is 0 Å². The largest absolute Gasteiger partial charge is 0.338 e. The minimum Gasteiger partial charge on any atom is -0.338 e. The summed E-state index contributed by atoms with van der Waals surface area (Å²) in [5.41, 5.74) is 1.20. The van der Waals surface area contributed by atoms with Gasteiger partial charge in [-0.05, 0) is 55.7 Å². The van der Waals surface area contributed by atoms with E-state index in [1.54, 1.807) is 13.0 Å². The molecule has 0 spiro atoms. The minimum absolute atomic E-state index is 0.0166. The van der Waals surface area contributed by atoms with E-state index in [9.17, 15) is 18.4 Å². The lowest BCUT2D eigenvalue weighted by molar-refractivity contribution is -0.121. The number of amides is 2. The van der Waals surface area contributed by atoms with E-state index in [0.29, 0.717) is 30.6 Å². The van der Waals surface area contributed by atoms with Crippen molar-refractivity contribution in [3.63, 3.8) is 0 Å². The van der Waals surface area contributed by atoms with E-state index in [4.69, 9.17) is 0 Å². The van der Waals surface area contributed by atoms with E-state index < -0.39 is 11.7 Å². The molecular formula is C20H20F2N2O2. The summed E-state index contributed by atoms with van der Waals surface area (Å²) in [7, 11) is 0. The van der Waals surface area contributed by atoms with Gasteiger partial charge in [-0.25, -0.2) is 8.78 Å². The van der Waals surface area contributed by atoms with Crippen LogP contribution in [0.25, 0.3) is 0 Å². The van der Waals surface area contributed by atoms with Crippen molar-refractivity contribution >= 4 is 17.5 Å². The number of carbonyl (C=O) groups is 2. The molecule has 2 amide bonds. The lowest BCUT2D eigenvalue weighted by Crippen LogP contribution is -2.44. The van der Waals surface area contributed by atoms with E-state index in [1.807, 2.05) is 0 Å². The molecule has 1 fully saturated rings. The van der Waals surface area contributed by atoms with Crippen molar-refractivity contribution in [2.75, 3.05) is 18.4 Å². The molecule has 1 heterocycles. The molecular weight excluding hydrogens is 338 g/mol. The Bertz CT molecular complexity index is 838. The summed E-state index contributed by atoms with van der Waals surface area (Å²) in [5.74, 6) is -1.93. The summed E-state index contributed by atoms with van der Waals surface area (Å²) in [6.45, 7) is 2.44. The Morgan fingerprint density at radius 2 is 1.92 bits per heavy atom. The van der Waals surface area contributed by atoms with Crippen LogP contribution >= 0.6 is 0 Å². The molecule has 0 saturated carbocycles. The van der Waals surface area contributed by atoms with Crippen molar-refractivity contribution in [3.05, 3.63) is 65.2 Å². The first-order chi connectivity index (χ1) is 12.5. The van der Waals surface area contributed by atoms with E-state index in [1.165, 1.54) is 41.3 Å². The van der Waals surface area contributed by atoms with Gasteiger partial charge >= 0.3 is 0 Å². The lowest BCUT2D eigenvalue weighted by Gasteiger charge is -2.32. The zero-order valence-electron chi connectivity index (χ0n) is 14.5. The zero-order valence-corrected chi connectivity index (χ0v) is 14.5. The first-order valence-electron chi connectivity index (χ1n) is 8.56. The Morgan fingerprint density at radius 3 is 2.65 bits per heavy atom. The summed E-state index contributed by atoms with van der Waals surface area (Å²) in [5, 5.41) is 2.80. The number of halogens is 2. The summed E-state index contributed by atoms with van der Waals surface area (Å²) in [6.07, 6.45) is 1.31. The third kappa shape index (κ3) is 3.90. The number of aryl methyl sites for hydroxylation is 1. The Hall–Kier alpha value is -2.76. The molecule has 1 atom stereocenters. The van der Waals surface area contributed by atoms with Crippen LogP contribution in [0.2, 0.25) is 0 Å². The van der Waals surface area contributed by atoms with Gasteiger partial charge < -0.3 is 10.2 Å². The molecule has 4 nitrogen and oxygen atoms in total. The van der Waals surface area contributed by atoms with Crippen molar-refractivity contribution in [3.8, 4) is 0 Å². The molecule has 26 heavy (non-hydrogen) atoms. The number of anilines is 1. The Balaban J connectivity index is 1.69. The summed E-state index contributed by atoms with van der Waals surface area (Å²) in [4.78, 5) is 26.6. The number of likely N-dealkylation sites (tertiary alicyclic amines) is 1. The van der Waals surface area contributed by atoms with Gasteiger partial charge in [-0.2, -0.15) is 0 Å². The Kier molecular flexibility index (Phi) is 5.30. The average molecular weight is 358 g/mol. The first kappa shape index (κ1) is 18.0. The zero-order chi connectivity index (χ0) is 18.7. The molecule has 1 N–H and O–H groups in total. The molecule has 3 rings (SSSR count). The predicted octanol–water partition coefficient (Wildman–Crippen LogP) is 3.76. The molecule has 0 aliphatic carbocycles. The summed E-state index contributed by atoms with van der Waals surface area (Å²) in [6, 6.07) is 10.0. The van der Waals surface area contributed by atoms with Crippen molar-refractivity contribution in [2.45, 2.75) is 19.8 Å². The van der Waals surface area contributed by atoms with Crippen LogP contribution in [-0.2, 0) is 4.79 Å². The highest BCUT2D eigenvalue weighted by molar-refractivity contribution is 5.96. The fourth-order valence-corrected chi connectivity index (χ4v) is 3.18. The molecule has 136 valence electrons. The number of nitrogens with one attached hydrogen (secondary N) is 1. The van der Waals surface area contributed by atoms with E-state index >= 15 is 0 Å². The van der Waals surface area contributed by atoms with Gasteiger partial charge in [0.15, 0.2) is 0 Å². The van der Waals surface area contributed by atoms with E-state index in [-0.39, 0.29) is 29.8 Å². The van der Waals surface area contributed by atoms with Gasteiger partial charge in [0.25, 0.3) is 5.91 Å². The smallest absolute Gasteiger partial charge is 0.256 e. The second kappa shape index (κ2) is 7.64. The Labute approximate surface area is 150 Å². The quantitative estimate of drug-likeness (QED) is 0.908. The molecule has 1 aliphatic rings. The van der Waals surface area contributed by atoms with Crippen LogP contribution in [0, 0.1) is 24.5 Å². The molecule has 2 aromatic rings. The third-order valence-electron chi connectivity index (χ3n) is 4.63. The predicted molar refractivity (Wildman–Crippen MR) is 94.8 cm³/mol. The maximum atomic E-state index is 13.9. The number of hydrogen-bond acceptors (Lipinski definition) is 2. The average Bonchev–Trinajstić information content (AvgIpc) is 2.64. The number of benzene rings is 2. The normalized spacial score (nSPS) is 17.0. The molecule has 0 bridgehead atoms. The number of carbonyl (C=O) groups excluding carboxylic acids is 2. The van der Waals surface area contributed by atoms with Crippen LogP contribution in [-0.4, -0.2) is 29.8 Å². The standard InChI is InChI=1S/C20H20F2N2O2/c1-13-11-15(21)8-9-18(13)23-19(25)14-5-4-10-24(12-14)20(26)16-6-2-3-7-17(16)22/h2-3,6-9,11,14H,4-5,10,12H2,1H3,(H,23,25)/t14-/m1/s1. The summed E-state index contributed by atoms with van der Waals surface area (Å²) < 4.78 is 27.0. The monoisotopic (exact) mass is 358 g/mol. The third-order valence-corrected chi connectivity index (χ3v) is 4.63. The van der Waals surface area contributed by atoms with Gasteiger partial charge in [0, 0.05) is 18.8 Å². The maximum absolute atomic E-state index is 13.9. The van der Waals surface area contributed by atoms with Crippen molar-refractivity contribution in [1.82, 2.24) is 4.90 Å². The topological polar surface area (TPSA) is 49.4 Å². The van der Waals surface area contributed by atoms with Crippen LogP contribution in [0.4, 0.5) is 14.5 Å². The lowest BCUT2D eigenvalue weighted by atomic mass is 9.96. The first-order valence-corrected chi connectivity index (χ1v) is 8.56. The van der Waals surface area contributed by atoms with Crippen LogP contribution in [0.1, 0.15) is 28.8 Å². The van der Waals surface area contributed by atoms with Crippen LogP contribution in [0.15, 0.2) is 42.5 Å². The van der Waals surface area contributed by atoms with Gasteiger partial charge in [0.1, 0.15) is 11.6 Å². The van der Waals surface area contributed by atoms with Gasteiger partial charge in [-0.3, -0.25) is 9.59 Å². The summed E-state index contributed by atoms with van der Waals surface area (Å²) >= 11 is 0. The SMILES string of the molecule is Cc1cc(F)ccc1NC(=O)[C@@H]1CCCN(C(=O)c2ccccc2F)C1. The highest BCUT2D eigenvalue weighted by atomic mass is 19.1. The fraction of sp³-hybridized carbons (Fsp3) is 0.300. The number of rotatable bonds is 3. The van der Waals surface area contributed by atoms with E-state index in [2.05, 4.69) is 5.32 Å². The molecule has 0 unspecified atom stereocenters. The maximum Gasteiger partial charge on any atom is 0.256 e. The molecule has 0 aromatic heterocycles. The van der Waals surface area contributed by atoms with Gasteiger partial charge in [0.2, 0.25) is 5.91 Å². The fourth-order valence-electron chi connectivity index (χ4n) is 3.18. The van der Waals surface area contributed by atoms with Gasteiger partial charge in [-0.1, -0.05) is 12.1 Å². The van der Waals surface area contributed by atoms with Crippen molar-refractivity contribution in [1.29, 1.82) is 0 Å². The second-order valence-corrected chi connectivity index (χ2v) is 6.52. The highest BCUT2D eigenvalue weighted by Crippen LogP contribution is 2.23. The second-order valence-electron chi connectivity index (χ2n) is 6.52. The van der Waals surface area contributed by atoms with Crippen molar-refractivity contribution < 1.29 is 18.4 Å². The number of piperidine rings is 1. The van der Waals surface area contributed by atoms with Crippen LogP contribution < -0.4 is 5.32 Å². The molecule has 6 heteroatoms. The highest BCUT2D eigenvalue weighted by Gasteiger charge is 2.30. The Morgan fingerprint density at radius 1 is 1.15 bits per heavy atom. The van der Waals surface area contributed by atoms with E-state index in [0.717, 1.165) is 0 Å². The minimum atomic E-state index is -0.564.